The minimum absolute atomic E-state index is 0.184. The van der Waals surface area contributed by atoms with Crippen LogP contribution in [0.3, 0.4) is 0 Å². The Morgan fingerprint density at radius 1 is 1.04 bits per heavy atom. The number of thiazole rings is 1. The van der Waals surface area contributed by atoms with Crippen molar-refractivity contribution >= 4 is 60.8 Å². The van der Waals surface area contributed by atoms with Gasteiger partial charge in [-0.25, -0.2) is 4.98 Å². The molecule has 1 aromatic heterocycles. The van der Waals surface area contributed by atoms with E-state index < -0.39 is 11.9 Å². The zero-order valence-electron chi connectivity index (χ0n) is 27.8. The van der Waals surface area contributed by atoms with E-state index in [0.717, 1.165) is 28.2 Å². The van der Waals surface area contributed by atoms with Crippen LogP contribution in [-0.4, -0.2) is 87.8 Å². The number of hydrogen-bond donors (Lipinski definition) is 4. The lowest BCUT2D eigenvalue weighted by Crippen LogP contribution is -2.49. The third-order valence-corrected chi connectivity index (χ3v) is 7.14. The van der Waals surface area contributed by atoms with Gasteiger partial charge >= 0.3 is 0 Å². The summed E-state index contributed by atoms with van der Waals surface area (Å²) >= 11 is 1.29. The molecule has 244 valence electrons. The lowest BCUT2D eigenvalue weighted by molar-refractivity contribution is -0.136. The molecule has 2 rings (SSSR count). The van der Waals surface area contributed by atoms with Gasteiger partial charge in [-0.15, -0.1) is 11.3 Å². The summed E-state index contributed by atoms with van der Waals surface area (Å²) < 4.78 is 0.894. The molecule has 0 aliphatic carbocycles. The highest BCUT2D eigenvalue weighted by molar-refractivity contribution is 7.20. The topological polar surface area (TPSA) is 133 Å². The molecule has 1 unspecified atom stereocenters. The molecule has 0 spiro atoms. The molecule has 2 aromatic rings. The van der Waals surface area contributed by atoms with E-state index in [1.165, 1.54) is 36.4 Å². The number of hydrogen-bond acceptors (Lipinski definition) is 8. The van der Waals surface area contributed by atoms with Gasteiger partial charge in [0.1, 0.15) is 0 Å². The van der Waals surface area contributed by atoms with E-state index in [-0.39, 0.29) is 30.7 Å². The van der Waals surface area contributed by atoms with Gasteiger partial charge in [0.25, 0.3) is 0 Å². The SMILES string of the molecule is C=C(C)NCCC.[B]C.[B]C/C(=C/C)NCCCC(NC(=O)CN(CCC)C(=O)CNC(C)=O)C(=O)c1nc2ccccc2s1. The fourth-order valence-corrected chi connectivity index (χ4v) is 4.83. The molecule has 0 aliphatic rings. The number of carbonyl (C=O) groups is 4. The van der Waals surface area contributed by atoms with E-state index in [0.29, 0.717) is 43.7 Å². The zero-order valence-corrected chi connectivity index (χ0v) is 28.6. The molecule has 0 saturated carbocycles. The first-order valence-corrected chi connectivity index (χ1v) is 16.1. The maximum absolute atomic E-state index is 13.4. The molecular weight excluding hydrogens is 586 g/mol. The van der Waals surface area contributed by atoms with Crippen molar-refractivity contribution in [1.29, 1.82) is 0 Å². The molecule has 1 aromatic carbocycles. The molecule has 0 saturated heterocycles. The fourth-order valence-electron chi connectivity index (χ4n) is 3.87. The summed E-state index contributed by atoms with van der Waals surface area (Å²) in [7, 11) is 10.2. The first kappa shape index (κ1) is 41.4. The standard InChI is InChI=1S/C25H34BN5O4S.C6H13N.CH3B/c1-4-13-31(23(34)15-28-17(3)32)16-22(33)29-20(10-8-12-27-18(5-2)14-26)24(35)25-30-19-9-6-7-11-21(19)36-25;1-4-5-7-6(2)3;1-2/h5-7,9,11,20,27H,4,8,10,12-16H2,1-3H3,(H,28,32)(H,29,33);7H,2,4-5H2,1,3H3;1H3/b18-5-;;. The Morgan fingerprint density at radius 3 is 2.27 bits per heavy atom. The number of ketones is 1. The lowest BCUT2D eigenvalue weighted by Gasteiger charge is -2.23. The molecule has 0 aliphatic heterocycles. The maximum atomic E-state index is 13.4. The highest BCUT2D eigenvalue weighted by Gasteiger charge is 2.26. The quantitative estimate of drug-likeness (QED) is 0.111. The first-order valence-electron chi connectivity index (χ1n) is 15.3. The molecule has 4 N–H and O–H groups in total. The number of benzene rings is 1. The van der Waals surface area contributed by atoms with Crippen molar-refractivity contribution in [3.63, 3.8) is 0 Å². The molecule has 1 heterocycles. The number of para-hydroxylation sites is 1. The van der Waals surface area contributed by atoms with Gasteiger partial charge in [-0.1, -0.05) is 51.8 Å². The first-order chi connectivity index (χ1) is 21.6. The van der Waals surface area contributed by atoms with Gasteiger partial charge in [-0.05, 0) is 57.4 Å². The minimum atomic E-state index is -0.791. The third-order valence-electron chi connectivity index (χ3n) is 6.09. The fraction of sp³-hybridized carbons (Fsp3) is 0.531. The number of Topliss-reactive ketones (excluding diaryl/α,β-unsaturated/α-hetero) is 1. The second kappa shape index (κ2) is 24.7. The molecule has 3 amide bonds. The number of amides is 3. The predicted molar refractivity (Wildman–Crippen MR) is 188 cm³/mol. The average Bonchev–Trinajstić information content (AvgIpc) is 3.47. The van der Waals surface area contributed by atoms with Crippen LogP contribution >= 0.6 is 11.3 Å². The van der Waals surface area contributed by atoms with Gasteiger partial charge in [-0.2, -0.15) is 0 Å². The number of nitrogens with zero attached hydrogens (tertiary/aromatic N) is 2. The van der Waals surface area contributed by atoms with Crippen LogP contribution in [0.1, 0.15) is 70.1 Å². The number of allylic oxidation sites excluding steroid dienone is 3. The summed E-state index contributed by atoms with van der Waals surface area (Å²) in [5, 5.41) is 11.9. The summed E-state index contributed by atoms with van der Waals surface area (Å²) in [6.07, 6.45) is 5.11. The van der Waals surface area contributed by atoms with E-state index in [1.807, 2.05) is 51.1 Å². The molecule has 0 bridgehead atoms. The molecule has 0 fully saturated rings. The van der Waals surface area contributed by atoms with Crippen molar-refractivity contribution < 1.29 is 19.2 Å². The van der Waals surface area contributed by atoms with Crippen LogP contribution in [0.5, 0.6) is 0 Å². The smallest absolute Gasteiger partial charge is 0.242 e. The van der Waals surface area contributed by atoms with Crippen LogP contribution in [-0.2, 0) is 14.4 Å². The molecular formula is C32H50B2N6O4S. The summed E-state index contributed by atoms with van der Waals surface area (Å²) in [5.41, 5.74) is 2.69. The predicted octanol–water partition coefficient (Wildman–Crippen LogP) is 3.92. The van der Waals surface area contributed by atoms with Gasteiger partial charge in [0.05, 0.1) is 45.0 Å². The van der Waals surface area contributed by atoms with Crippen molar-refractivity contribution in [2.75, 3.05) is 32.7 Å². The van der Waals surface area contributed by atoms with Crippen LogP contribution in [0.4, 0.5) is 0 Å². The third kappa shape index (κ3) is 17.5. The summed E-state index contributed by atoms with van der Waals surface area (Å²) in [4.78, 5) is 55.8. The molecule has 45 heavy (non-hydrogen) atoms. The van der Waals surface area contributed by atoms with E-state index >= 15 is 0 Å². The van der Waals surface area contributed by atoms with E-state index in [9.17, 15) is 19.2 Å². The molecule has 10 nitrogen and oxygen atoms in total. The van der Waals surface area contributed by atoms with E-state index in [2.05, 4.69) is 47.6 Å². The number of nitrogens with one attached hydrogen (secondary N) is 4. The highest BCUT2D eigenvalue weighted by atomic mass is 32.1. The van der Waals surface area contributed by atoms with Crippen molar-refractivity contribution in [2.24, 2.45) is 0 Å². The number of carbonyl (C=O) groups excluding carboxylic acids is 4. The summed E-state index contributed by atoms with van der Waals surface area (Å²) in [5.74, 6) is -1.39. The zero-order chi connectivity index (χ0) is 34.2. The van der Waals surface area contributed by atoms with Crippen molar-refractivity contribution in [3.05, 3.63) is 53.3 Å². The van der Waals surface area contributed by atoms with Crippen LogP contribution in [0.25, 0.3) is 10.2 Å². The molecule has 4 radical (unpaired) electrons. The van der Waals surface area contributed by atoms with Crippen molar-refractivity contribution in [1.82, 2.24) is 31.2 Å². The summed E-state index contributed by atoms with van der Waals surface area (Å²) in [6.45, 7) is 16.0. The van der Waals surface area contributed by atoms with Gasteiger partial charge in [0, 0.05) is 32.3 Å². The molecule has 1 atom stereocenters. The van der Waals surface area contributed by atoms with Crippen LogP contribution < -0.4 is 21.3 Å². The Balaban J connectivity index is 0.00000189. The van der Waals surface area contributed by atoms with Crippen molar-refractivity contribution in [2.45, 2.75) is 79.5 Å². The Hall–Kier alpha value is -3.60. The largest absolute Gasteiger partial charge is 0.389 e. The van der Waals surface area contributed by atoms with Gasteiger partial charge in [0.2, 0.25) is 23.5 Å². The second-order valence-corrected chi connectivity index (χ2v) is 11.0. The maximum Gasteiger partial charge on any atom is 0.242 e. The van der Waals surface area contributed by atoms with Gasteiger partial charge in [-0.3, -0.25) is 19.2 Å². The highest BCUT2D eigenvalue weighted by Crippen LogP contribution is 2.23. The van der Waals surface area contributed by atoms with Crippen LogP contribution in [0.2, 0.25) is 13.1 Å². The Bertz CT molecular complexity index is 1200. The van der Waals surface area contributed by atoms with E-state index in [1.54, 1.807) is 0 Å². The lowest BCUT2D eigenvalue weighted by atomic mass is 10.0. The summed E-state index contributed by atoms with van der Waals surface area (Å²) in [6, 6.07) is 6.69. The molecule has 13 heteroatoms. The average molecular weight is 636 g/mol. The van der Waals surface area contributed by atoms with Crippen LogP contribution in [0, 0.1) is 0 Å². The Labute approximate surface area is 276 Å². The van der Waals surface area contributed by atoms with Crippen LogP contribution in [0.15, 0.2) is 48.3 Å². The normalized spacial score (nSPS) is 11.1. The number of aromatic nitrogens is 1. The van der Waals surface area contributed by atoms with Gasteiger partial charge < -0.3 is 26.2 Å². The van der Waals surface area contributed by atoms with E-state index in [4.69, 9.17) is 7.85 Å². The Kier molecular flexibility index (Phi) is 22.7. The number of rotatable bonds is 18. The minimum Gasteiger partial charge on any atom is -0.389 e. The van der Waals surface area contributed by atoms with Gasteiger partial charge in [0.15, 0.2) is 5.01 Å². The number of fused-ring (bicyclic) bond motifs is 1. The monoisotopic (exact) mass is 636 g/mol. The Morgan fingerprint density at radius 2 is 1.73 bits per heavy atom. The second-order valence-electron chi connectivity index (χ2n) is 9.99. The van der Waals surface area contributed by atoms with Crippen molar-refractivity contribution in [3.8, 4) is 0 Å².